The fourth-order valence-corrected chi connectivity index (χ4v) is 3.95. The first-order chi connectivity index (χ1) is 15.1. The minimum Gasteiger partial charge on any atom is -0.368 e. The van der Waals surface area contributed by atoms with Gasteiger partial charge in [0.05, 0.1) is 6.54 Å². The van der Waals surface area contributed by atoms with Gasteiger partial charge in [-0.1, -0.05) is 47.5 Å². The van der Waals surface area contributed by atoms with E-state index in [1.165, 1.54) is 0 Å². The molecule has 1 atom stereocenters. The van der Waals surface area contributed by atoms with E-state index in [0.29, 0.717) is 23.1 Å². The van der Waals surface area contributed by atoms with Crippen molar-refractivity contribution in [2.75, 3.05) is 30.8 Å². The van der Waals surface area contributed by atoms with E-state index in [-0.39, 0.29) is 6.17 Å². The first-order valence-corrected chi connectivity index (χ1v) is 10.8. The molecule has 0 fully saturated rings. The van der Waals surface area contributed by atoms with Crippen LogP contribution in [-0.2, 0) is 6.54 Å². The zero-order chi connectivity index (χ0) is 21.6. The fourth-order valence-electron chi connectivity index (χ4n) is 3.43. The van der Waals surface area contributed by atoms with Crippen molar-refractivity contribution < 1.29 is 0 Å². The number of para-hydroxylation sites is 1. The Labute approximate surface area is 192 Å². The molecule has 1 aliphatic rings. The zero-order valence-electron chi connectivity index (χ0n) is 17.1. The number of aliphatic imine (C=N–C) groups is 1. The smallest absolute Gasteiger partial charge is 0.132 e. The minimum atomic E-state index is -0.201. The molecule has 0 aliphatic carbocycles. The van der Waals surface area contributed by atoms with Crippen molar-refractivity contribution >= 4 is 40.5 Å². The Morgan fingerprint density at radius 2 is 1.94 bits per heavy atom. The number of rotatable bonds is 7. The first kappa shape index (κ1) is 21.4. The summed E-state index contributed by atoms with van der Waals surface area (Å²) in [7, 11) is 1.92. The summed E-state index contributed by atoms with van der Waals surface area (Å²) >= 11 is 12.5. The van der Waals surface area contributed by atoms with E-state index >= 15 is 0 Å². The quantitative estimate of drug-likeness (QED) is 0.390. The first-order valence-electron chi connectivity index (χ1n) is 10.1. The highest BCUT2D eigenvalue weighted by Gasteiger charge is 2.24. The van der Waals surface area contributed by atoms with Gasteiger partial charge in [0.15, 0.2) is 0 Å². The van der Waals surface area contributed by atoms with Crippen LogP contribution >= 0.6 is 23.2 Å². The largest absolute Gasteiger partial charge is 0.368 e. The summed E-state index contributed by atoms with van der Waals surface area (Å²) < 4.78 is 0. The molecule has 0 spiro atoms. The summed E-state index contributed by atoms with van der Waals surface area (Å²) in [5.41, 5.74) is 4.09. The Balaban J connectivity index is 1.46. The third-order valence-electron chi connectivity index (χ3n) is 4.93. The Morgan fingerprint density at radius 3 is 2.71 bits per heavy atom. The molecule has 0 saturated heterocycles. The summed E-state index contributed by atoms with van der Waals surface area (Å²) in [5, 5.41) is 14.6. The molecular weight excluding hydrogens is 431 g/mol. The fraction of sp³-hybridized carbons (Fsp3) is 0.217. The predicted molar refractivity (Wildman–Crippen MR) is 129 cm³/mol. The molecule has 4 rings (SSSR count). The second-order valence-electron chi connectivity index (χ2n) is 7.17. The number of nitrogens with one attached hydrogen (secondary N) is 4. The summed E-state index contributed by atoms with van der Waals surface area (Å²) in [5.74, 6) is 1.66. The Hall–Kier alpha value is -2.80. The van der Waals surface area contributed by atoms with Crippen molar-refractivity contribution in [3.8, 4) is 0 Å². The molecule has 3 aromatic rings. The van der Waals surface area contributed by atoms with Gasteiger partial charge in [-0.3, -0.25) is 4.99 Å². The van der Waals surface area contributed by atoms with Crippen LogP contribution in [0.2, 0.25) is 10.0 Å². The summed E-state index contributed by atoms with van der Waals surface area (Å²) in [4.78, 5) is 9.24. The number of anilines is 2. The second-order valence-corrected chi connectivity index (χ2v) is 8.02. The van der Waals surface area contributed by atoms with Crippen LogP contribution in [0.3, 0.4) is 0 Å². The van der Waals surface area contributed by atoms with Crippen LogP contribution in [0.5, 0.6) is 0 Å². The molecular formula is C23H24Cl2N6. The Morgan fingerprint density at radius 1 is 1.06 bits per heavy atom. The average Bonchev–Trinajstić information content (AvgIpc) is 2.78. The minimum absolute atomic E-state index is 0.201. The number of pyridine rings is 1. The van der Waals surface area contributed by atoms with Crippen molar-refractivity contribution in [3.05, 3.63) is 87.5 Å². The van der Waals surface area contributed by atoms with E-state index in [4.69, 9.17) is 28.2 Å². The van der Waals surface area contributed by atoms with Gasteiger partial charge in [0, 0.05) is 46.1 Å². The van der Waals surface area contributed by atoms with Gasteiger partial charge in [0.1, 0.15) is 17.8 Å². The zero-order valence-corrected chi connectivity index (χ0v) is 18.6. The van der Waals surface area contributed by atoms with Gasteiger partial charge in [-0.05, 0) is 42.9 Å². The topological polar surface area (TPSA) is 73.4 Å². The number of fused-ring (bicyclic) bond motifs is 1. The standard InChI is InChI=1S/C23H24Cl2N6/c1-26-13-15-6-9-21(29-14-15)27-10-11-28-22-18-4-2-3-5-20(18)30-23(31-22)17-8-7-16(24)12-19(17)25/h2-9,12,14,23,26,30H,10-11,13H2,1H3,(H,27,29)(H,28,31). The maximum Gasteiger partial charge on any atom is 0.132 e. The lowest BCUT2D eigenvalue weighted by Crippen LogP contribution is -2.39. The van der Waals surface area contributed by atoms with Crippen molar-refractivity contribution in [1.82, 2.24) is 15.6 Å². The molecule has 1 aromatic heterocycles. The Bertz CT molecular complexity index is 1070. The Kier molecular flexibility index (Phi) is 6.92. The molecule has 1 aliphatic heterocycles. The number of benzene rings is 2. The maximum absolute atomic E-state index is 6.44. The average molecular weight is 455 g/mol. The van der Waals surface area contributed by atoms with Gasteiger partial charge in [-0.25, -0.2) is 4.98 Å². The SMILES string of the molecule is CNCc1ccc(NCCN=C2NC(c3ccc(Cl)cc3Cl)Nc3ccccc32)nc1. The van der Waals surface area contributed by atoms with Crippen LogP contribution < -0.4 is 21.3 Å². The normalized spacial score (nSPS) is 16.4. The van der Waals surface area contributed by atoms with Gasteiger partial charge in [0.2, 0.25) is 0 Å². The van der Waals surface area contributed by atoms with E-state index < -0.39 is 0 Å². The van der Waals surface area contributed by atoms with Crippen LogP contribution in [0.1, 0.15) is 22.9 Å². The van der Waals surface area contributed by atoms with E-state index in [0.717, 1.165) is 40.6 Å². The number of nitrogens with zero attached hydrogens (tertiary/aromatic N) is 2. The van der Waals surface area contributed by atoms with Gasteiger partial charge < -0.3 is 21.3 Å². The van der Waals surface area contributed by atoms with Gasteiger partial charge in [-0.15, -0.1) is 0 Å². The van der Waals surface area contributed by atoms with Crippen molar-refractivity contribution in [2.45, 2.75) is 12.7 Å². The van der Waals surface area contributed by atoms with Crippen LogP contribution in [0, 0.1) is 0 Å². The molecule has 6 nitrogen and oxygen atoms in total. The highest BCUT2D eigenvalue weighted by molar-refractivity contribution is 6.35. The van der Waals surface area contributed by atoms with E-state index in [1.807, 2.05) is 55.7 Å². The van der Waals surface area contributed by atoms with Crippen molar-refractivity contribution in [3.63, 3.8) is 0 Å². The highest BCUT2D eigenvalue weighted by atomic mass is 35.5. The van der Waals surface area contributed by atoms with Crippen LogP contribution in [0.4, 0.5) is 11.5 Å². The van der Waals surface area contributed by atoms with Crippen molar-refractivity contribution in [2.24, 2.45) is 4.99 Å². The number of hydrogen-bond acceptors (Lipinski definition) is 5. The van der Waals surface area contributed by atoms with E-state index in [1.54, 1.807) is 6.07 Å². The number of amidine groups is 1. The predicted octanol–water partition coefficient (Wildman–Crippen LogP) is 4.68. The van der Waals surface area contributed by atoms with Gasteiger partial charge in [0.25, 0.3) is 0 Å². The molecule has 8 heteroatoms. The number of aromatic nitrogens is 1. The third-order valence-corrected chi connectivity index (χ3v) is 5.49. The van der Waals surface area contributed by atoms with Crippen LogP contribution in [0.15, 0.2) is 65.8 Å². The summed E-state index contributed by atoms with van der Waals surface area (Å²) in [6.45, 7) is 2.07. The molecule has 1 unspecified atom stereocenters. The third kappa shape index (κ3) is 5.28. The van der Waals surface area contributed by atoms with Gasteiger partial charge in [-0.2, -0.15) is 0 Å². The van der Waals surface area contributed by atoms with E-state index in [9.17, 15) is 0 Å². The molecule has 0 saturated carbocycles. The monoisotopic (exact) mass is 454 g/mol. The molecule has 0 bridgehead atoms. The number of hydrogen-bond donors (Lipinski definition) is 4. The molecule has 160 valence electrons. The molecule has 31 heavy (non-hydrogen) atoms. The van der Waals surface area contributed by atoms with Crippen LogP contribution in [-0.4, -0.2) is 31.0 Å². The number of halogens is 2. The lowest BCUT2D eigenvalue weighted by Gasteiger charge is -2.31. The summed E-state index contributed by atoms with van der Waals surface area (Å²) in [6, 6.07) is 17.6. The molecule has 0 radical (unpaired) electrons. The molecule has 0 amide bonds. The lowest BCUT2D eigenvalue weighted by atomic mass is 10.1. The summed E-state index contributed by atoms with van der Waals surface area (Å²) in [6.07, 6.45) is 1.67. The maximum atomic E-state index is 6.44. The molecule has 2 aromatic carbocycles. The van der Waals surface area contributed by atoms with Gasteiger partial charge >= 0.3 is 0 Å². The molecule has 2 heterocycles. The highest BCUT2D eigenvalue weighted by Crippen LogP contribution is 2.31. The second kappa shape index (κ2) is 10.0. The molecule has 4 N–H and O–H groups in total. The van der Waals surface area contributed by atoms with Crippen LogP contribution in [0.25, 0.3) is 0 Å². The van der Waals surface area contributed by atoms with Crippen molar-refractivity contribution in [1.29, 1.82) is 0 Å². The lowest BCUT2D eigenvalue weighted by molar-refractivity contribution is 0.717. The van der Waals surface area contributed by atoms with E-state index in [2.05, 4.69) is 32.3 Å².